The lowest BCUT2D eigenvalue weighted by molar-refractivity contribution is 0.0693. The largest absolute Gasteiger partial charge is 0.507 e. The molecule has 0 amide bonds. The van der Waals surface area contributed by atoms with Crippen LogP contribution in [-0.2, 0) is 0 Å². The number of benzene rings is 3. The zero-order valence-corrected chi connectivity index (χ0v) is 20.4. The average molecular weight is 496 g/mol. The van der Waals surface area contributed by atoms with E-state index in [1.54, 1.807) is 18.2 Å². The van der Waals surface area contributed by atoms with E-state index in [1.165, 1.54) is 12.1 Å². The van der Waals surface area contributed by atoms with E-state index in [2.05, 4.69) is 28.7 Å². The summed E-state index contributed by atoms with van der Waals surface area (Å²) in [5, 5.41) is 19.7. The average Bonchev–Trinajstić information content (AvgIpc) is 3.31. The van der Waals surface area contributed by atoms with Crippen molar-refractivity contribution in [1.82, 2.24) is 9.97 Å². The number of phenols is 1. The highest BCUT2D eigenvalue weighted by Gasteiger charge is 2.14. The second kappa shape index (κ2) is 9.66. The molecule has 8 heteroatoms. The van der Waals surface area contributed by atoms with Crippen LogP contribution in [0.1, 0.15) is 35.3 Å². The predicted molar refractivity (Wildman–Crippen MR) is 145 cm³/mol. The number of anilines is 1. The summed E-state index contributed by atoms with van der Waals surface area (Å²) < 4.78 is 5.66. The fourth-order valence-corrected chi connectivity index (χ4v) is 4.33. The number of hydrogen-bond donors (Lipinski definition) is 3. The molecule has 0 bridgehead atoms. The number of nitrogens with zero attached hydrogens (tertiary/aromatic N) is 2. The molecule has 0 unspecified atom stereocenters. The van der Waals surface area contributed by atoms with Crippen LogP contribution in [0.15, 0.2) is 69.9 Å². The van der Waals surface area contributed by atoms with Gasteiger partial charge in [-0.2, -0.15) is 0 Å². The van der Waals surface area contributed by atoms with Crippen LogP contribution in [-0.4, -0.2) is 39.2 Å². The Morgan fingerprint density at radius 2 is 1.73 bits per heavy atom. The van der Waals surface area contributed by atoms with Crippen molar-refractivity contribution in [2.45, 2.75) is 13.8 Å². The van der Waals surface area contributed by atoms with Crippen molar-refractivity contribution in [3.05, 3.63) is 87.8 Å². The van der Waals surface area contributed by atoms with Crippen LogP contribution < -0.4 is 10.5 Å². The van der Waals surface area contributed by atoms with Gasteiger partial charge >= 0.3 is 11.6 Å². The number of carbonyl (C=O) groups is 1. The zero-order valence-electron chi connectivity index (χ0n) is 20.4. The number of H-pyrrole nitrogens is 1. The minimum atomic E-state index is -1.19. The number of aromatic nitrogens is 2. The molecule has 0 spiro atoms. The zero-order chi connectivity index (χ0) is 26.1. The Hall–Kier alpha value is -4.85. The summed E-state index contributed by atoms with van der Waals surface area (Å²) in [6.45, 7) is 5.88. The Balaban J connectivity index is 1.46. The van der Waals surface area contributed by atoms with Crippen LogP contribution in [0.4, 0.5) is 5.69 Å². The Labute approximate surface area is 212 Å². The number of hydrogen-bond acceptors (Lipinski definition) is 6. The van der Waals surface area contributed by atoms with Gasteiger partial charge in [-0.25, -0.2) is 14.6 Å². The van der Waals surface area contributed by atoms with Crippen LogP contribution in [0.25, 0.3) is 45.5 Å². The number of aromatic amines is 1. The van der Waals surface area contributed by atoms with E-state index >= 15 is 0 Å². The van der Waals surface area contributed by atoms with Crippen molar-refractivity contribution >= 4 is 45.8 Å². The second-order valence-electron chi connectivity index (χ2n) is 8.62. The van der Waals surface area contributed by atoms with Gasteiger partial charge in [0.15, 0.2) is 0 Å². The molecule has 8 nitrogen and oxygen atoms in total. The summed E-state index contributed by atoms with van der Waals surface area (Å²) >= 11 is 0. The summed E-state index contributed by atoms with van der Waals surface area (Å²) in [5.74, 6) is -1.05. The summed E-state index contributed by atoms with van der Waals surface area (Å²) in [7, 11) is 0. The molecule has 3 N–H and O–H groups in total. The van der Waals surface area contributed by atoms with Gasteiger partial charge in [0, 0.05) is 30.2 Å². The predicted octanol–water partition coefficient (Wildman–Crippen LogP) is 5.76. The van der Waals surface area contributed by atoms with Crippen LogP contribution in [0.5, 0.6) is 5.75 Å². The highest BCUT2D eigenvalue weighted by atomic mass is 16.4. The number of aromatic carboxylic acids is 1. The lowest BCUT2D eigenvalue weighted by Gasteiger charge is -2.20. The van der Waals surface area contributed by atoms with Crippen LogP contribution >= 0.6 is 0 Å². The number of aromatic hydroxyl groups is 1. The maximum atomic E-state index is 12.8. The van der Waals surface area contributed by atoms with Gasteiger partial charge in [-0.1, -0.05) is 24.3 Å². The van der Waals surface area contributed by atoms with E-state index in [9.17, 15) is 19.8 Å². The third-order valence-electron chi connectivity index (χ3n) is 6.33. The van der Waals surface area contributed by atoms with E-state index in [0.29, 0.717) is 28.1 Å². The summed E-state index contributed by atoms with van der Waals surface area (Å²) in [6.07, 6.45) is 3.59. The first kappa shape index (κ1) is 23.9. The number of carboxylic acids is 1. The van der Waals surface area contributed by atoms with Crippen LogP contribution in [0.3, 0.4) is 0 Å². The fourth-order valence-electron chi connectivity index (χ4n) is 4.33. The standard InChI is InChI=1S/C29H25N3O5/c1-3-32(4-2)20-10-9-19-15-22(29(36)37-26(19)16-20)27-30-23-11-7-18(14-24(23)31-27)6-5-17-8-12-25(33)21(13-17)28(34)35/h5-16,33H,3-4H2,1-2H3,(H,30,31)(H,34,35)/b6-5+. The molecular formula is C29H25N3O5. The van der Waals surface area contributed by atoms with Crippen molar-refractivity contribution in [3.63, 3.8) is 0 Å². The first-order valence-corrected chi connectivity index (χ1v) is 11.9. The number of nitrogens with one attached hydrogen (secondary N) is 1. The van der Waals surface area contributed by atoms with Gasteiger partial charge in [0.05, 0.1) is 11.0 Å². The van der Waals surface area contributed by atoms with E-state index in [-0.39, 0.29) is 11.3 Å². The molecule has 0 aliphatic heterocycles. The normalized spacial score (nSPS) is 11.5. The van der Waals surface area contributed by atoms with Crippen molar-refractivity contribution < 1.29 is 19.4 Å². The number of fused-ring (bicyclic) bond motifs is 2. The minimum absolute atomic E-state index is 0.158. The number of rotatable bonds is 7. The van der Waals surface area contributed by atoms with Gasteiger partial charge in [0.25, 0.3) is 0 Å². The third-order valence-corrected chi connectivity index (χ3v) is 6.33. The van der Waals surface area contributed by atoms with E-state index in [0.717, 1.165) is 35.2 Å². The molecule has 0 saturated carbocycles. The maximum absolute atomic E-state index is 12.8. The first-order valence-electron chi connectivity index (χ1n) is 11.9. The maximum Gasteiger partial charge on any atom is 0.347 e. The molecule has 0 fully saturated rings. The highest BCUT2D eigenvalue weighted by molar-refractivity contribution is 5.92. The second-order valence-corrected chi connectivity index (χ2v) is 8.62. The van der Waals surface area contributed by atoms with E-state index < -0.39 is 11.6 Å². The minimum Gasteiger partial charge on any atom is -0.507 e. The number of imidazole rings is 1. The molecule has 0 radical (unpaired) electrons. The summed E-state index contributed by atoms with van der Waals surface area (Å²) in [5.41, 5.74) is 4.18. The molecule has 2 heterocycles. The van der Waals surface area contributed by atoms with Gasteiger partial charge in [-0.05, 0) is 67.4 Å². The first-order chi connectivity index (χ1) is 17.9. The highest BCUT2D eigenvalue weighted by Crippen LogP contribution is 2.26. The van der Waals surface area contributed by atoms with Crippen molar-refractivity contribution in [3.8, 4) is 17.1 Å². The Kier molecular flexibility index (Phi) is 6.23. The van der Waals surface area contributed by atoms with Crippen molar-refractivity contribution in [2.24, 2.45) is 0 Å². The monoisotopic (exact) mass is 495 g/mol. The summed E-state index contributed by atoms with van der Waals surface area (Å²) in [4.78, 5) is 34.1. The Morgan fingerprint density at radius 1 is 1.00 bits per heavy atom. The molecule has 3 aromatic carbocycles. The van der Waals surface area contributed by atoms with E-state index in [1.807, 2.05) is 42.5 Å². The molecule has 37 heavy (non-hydrogen) atoms. The van der Waals surface area contributed by atoms with Gasteiger partial charge < -0.3 is 24.5 Å². The number of carboxylic acid groups (broad SMARTS) is 1. The topological polar surface area (TPSA) is 120 Å². The Bertz CT molecular complexity index is 1730. The molecule has 0 saturated heterocycles. The lowest BCUT2D eigenvalue weighted by Crippen LogP contribution is -2.21. The smallest absolute Gasteiger partial charge is 0.347 e. The van der Waals surface area contributed by atoms with Crippen LogP contribution in [0, 0.1) is 0 Å². The van der Waals surface area contributed by atoms with Crippen molar-refractivity contribution in [1.29, 1.82) is 0 Å². The molecule has 0 aliphatic carbocycles. The third kappa shape index (κ3) is 4.69. The van der Waals surface area contributed by atoms with Gasteiger partial charge in [0.2, 0.25) is 0 Å². The SMILES string of the molecule is CCN(CC)c1ccc2cc(-c3nc4ccc(/C=C/c5ccc(O)c(C(=O)O)c5)cc4[nH]3)c(=O)oc2c1. The molecule has 0 atom stereocenters. The fraction of sp³-hybridized carbons (Fsp3) is 0.138. The lowest BCUT2D eigenvalue weighted by atomic mass is 10.1. The molecule has 0 aliphatic rings. The van der Waals surface area contributed by atoms with E-state index in [4.69, 9.17) is 4.42 Å². The summed E-state index contributed by atoms with van der Waals surface area (Å²) in [6, 6.07) is 17.6. The Morgan fingerprint density at radius 3 is 2.46 bits per heavy atom. The quantitative estimate of drug-likeness (QED) is 0.194. The molecular weight excluding hydrogens is 470 g/mol. The molecule has 186 valence electrons. The van der Waals surface area contributed by atoms with Gasteiger partial charge in [0.1, 0.15) is 28.3 Å². The van der Waals surface area contributed by atoms with Crippen LogP contribution in [0.2, 0.25) is 0 Å². The van der Waals surface area contributed by atoms with Gasteiger partial charge in [-0.3, -0.25) is 0 Å². The molecule has 2 aromatic heterocycles. The molecule has 5 rings (SSSR count). The molecule has 5 aromatic rings. The van der Waals surface area contributed by atoms with Gasteiger partial charge in [-0.15, -0.1) is 0 Å². The van der Waals surface area contributed by atoms with Crippen molar-refractivity contribution in [2.75, 3.05) is 18.0 Å².